The van der Waals surface area contributed by atoms with Crippen molar-refractivity contribution in [3.8, 4) is 0 Å². The minimum Gasteiger partial charge on any atom is -0.399 e. The molecule has 0 bridgehead atoms. The lowest BCUT2D eigenvalue weighted by Crippen LogP contribution is -2.24. The average Bonchev–Trinajstić information content (AvgIpc) is 2.90. The summed E-state index contributed by atoms with van der Waals surface area (Å²) >= 11 is 0. The highest BCUT2D eigenvalue weighted by Crippen LogP contribution is 2.21. The molecule has 0 saturated carbocycles. The Kier molecular flexibility index (Phi) is 3.31. The monoisotopic (exact) mass is 280 g/mol. The molecule has 106 valence electrons. The summed E-state index contributed by atoms with van der Waals surface area (Å²) in [5, 5.41) is 8.14. The van der Waals surface area contributed by atoms with Crippen LogP contribution in [0.1, 0.15) is 13.0 Å². The molecule has 2 aromatic carbocycles. The molecule has 5 nitrogen and oxygen atoms in total. The number of rotatable bonds is 3. The van der Waals surface area contributed by atoms with Gasteiger partial charge in [0.2, 0.25) is 5.91 Å². The van der Waals surface area contributed by atoms with Gasteiger partial charge in [-0.1, -0.05) is 18.2 Å². The summed E-state index contributed by atoms with van der Waals surface area (Å²) in [6.07, 6.45) is 1.74. The molecule has 0 saturated heterocycles. The van der Waals surface area contributed by atoms with Crippen molar-refractivity contribution in [1.82, 2.24) is 9.78 Å². The molecule has 3 N–H and O–H groups in total. The average molecular weight is 280 g/mol. The van der Waals surface area contributed by atoms with Gasteiger partial charge in [-0.2, -0.15) is 5.10 Å². The number of para-hydroxylation sites is 1. The lowest BCUT2D eigenvalue weighted by molar-refractivity contribution is -0.118. The van der Waals surface area contributed by atoms with E-state index >= 15 is 0 Å². The van der Waals surface area contributed by atoms with E-state index in [0.717, 1.165) is 16.6 Å². The number of nitrogens with zero attached hydrogens (tertiary/aromatic N) is 2. The molecule has 5 heteroatoms. The zero-order valence-electron chi connectivity index (χ0n) is 11.7. The summed E-state index contributed by atoms with van der Waals surface area (Å²) in [6, 6.07) is 14.5. The molecule has 3 rings (SSSR count). The molecule has 0 radical (unpaired) electrons. The van der Waals surface area contributed by atoms with E-state index in [1.165, 1.54) is 0 Å². The second kappa shape index (κ2) is 5.28. The van der Waals surface area contributed by atoms with Crippen LogP contribution >= 0.6 is 0 Å². The van der Waals surface area contributed by atoms with Gasteiger partial charge >= 0.3 is 0 Å². The van der Waals surface area contributed by atoms with Crippen molar-refractivity contribution in [3.63, 3.8) is 0 Å². The van der Waals surface area contributed by atoms with E-state index in [4.69, 9.17) is 5.73 Å². The second-order valence-electron chi connectivity index (χ2n) is 4.94. The maximum Gasteiger partial charge on any atom is 0.248 e. The maximum atomic E-state index is 12.3. The quantitative estimate of drug-likeness (QED) is 0.724. The van der Waals surface area contributed by atoms with E-state index in [-0.39, 0.29) is 5.91 Å². The molecular formula is C16H16N4O. The number of amides is 1. The summed E-state index contributed by atoms with van der Waals surface area (Å²) in [5.41, 5.74) is 8.08. The molecule has 0 aliphatic heterocycles. The molecule has 1 heterocycles. The van der Waals surface area contributed by atoms with Gasteiger partial charge < -0.3 is 11.1 Å². The third-order valence-electron chi connectivity index (χ3n) is 3.41. The van der Waals surface area contributed by atoms with Crippen molar-refractivity contribution in [2.24, 2.45) is 0 Å². The molecule has 0 aliphatic rings. The van der Waals surface area contributed by atoms with Crippen LogP contribution < -0.4 is 11.1 Å². The van der Waals surface area contributed by atoms with E-state index in [1.54, 1.807) is 10.9 Å². The van der Waals surface area contributed by atoms with Crippen molar-refractivity contribution in [3.05, 3.63) is 54.7 Å². The maximum absolute atomic E-state index is 12.3. The normalized spacial score (nSPS) is 12.2. The van der Waals surface area contributed by atoms with Crippen LogP contribution in [-0.4, -0.2) is 15.7 Å². The van der Waals surface area contributed by atoms with Crippen molar-refractivity contribution in [2.75, 3.05) is 11.1 Å². The molecule has 0 fully saturated rings. The van der Waals surface area contributed by atoms with Crippen molar-refractivity contribution >= 4 is 28.2 Å². The highest BCUT2D eigenvalue weighted by molar-refractivity contribution is 5.94. The fourth-order valence-electron chi connectivity index (χ4n) is 2.24. The van der Waals surface area contributed by atoms with Gasteiger partial charge in [-0.25, -0.2) is 0 Å². The summed E-state index contributed by atoms with van der Waals surface area (Å²) in [6.45, 7) is 1.81. The number of aromatic nitrogens is 2. The molecule has 0 spiro atoms. The lowest BCUT2D eigenvalue weighted by atomic mass is 10.2. The number of anilines is 2. The molecule has 1 unspecified atom stereocenters. The third kappa shape index (κ3) is 2.58. The number of nitrogens with two attached hydrogens (primary N) is 1. The van der Waals surface area contributed by atoms with Gasteiger partial charge in [-0.05, 0) is 37.3 Å². The zero-order chi connectivity index (χ0) is 14.8. The first kappa shape index (κ1) is 13.2. The fraction of sp³-hybridized carbons (Fsp3) is 0.125. The Morgan fingerprint density at radius 1 is 1.24 bits per heavy atom. The Bertz CT molecular complexity index is 779. The minimum absolute atomic E-state index is 0.117. The number of nitrogen functional groups attached to an aromatic ring is 1. The van der Waals surface area contributed by atoms with Crippen LogP contribution in [0.5, 0.6) is 0 Å². The number of carbonyl (C=O) groups is 1. The Morgan fingerprint density at radius 3 is 2.76 bits per heavy atom. The second-order valence-corrected chi connectivity index (χ2v) is 4.94. The lowest BCUT2D eigenvalue weighted by Gasteiger charge is -2.14. The van der Waals surface area contributed by atoms with Gasteiger partial charge in [-0.15, -0.1) is 0 Å². The highest BCUT2D eigenvalue weighted by Gasteiger charge is 2.18. The number of carbonyl (C=O) groups excluding carboxylic acids is 1. The Balaban J connectivity index is 1.88. The van der Waals surface area contributed by atoms with Crippen LogP contribution in [0.15, 0.2) is 54.7 Å². The van der Waals surface area contributed by atoms with Gasteiger partial charge in [0, 0.05) is 16.8 Å². The van der Waals surface area contributed by atoms with Gasteiger partial charge in [0.05, 0.1) is 11.7 Å². The summed E-state index contributed by atoms with van der Waals surface area (Å²) in [7, 11) is 0. The minimum atomic E-state index is -0.426. The predicted molar refractivity (Wildman–Crippen MR) is 83.9 cm³/mol. The Hall–Kier alpha value is -2.82. The number of fused-ring (bicyclic) bond motifs is 1. The standard InChI is InChI=1S/C16H16N4O/c1-11(16(21)19-14-5-3-2-4-6-14)20-15-9-13(17)8-7-12(15)10-18-20/h2-11H,17H2,1H3,(H,19,21). The Labute approximate surface area is 122 Å². The smallest absolute Gasteiger partial charge is 0.248 e. The first-order valence-corrected chi connectivity index (χ1v) is 6.74. The predicted octanol–water partition coefficient (Wildman–Crippen LogP) is 2.82. The largest absolute Gasteiger partial charge is 0.399 e. The molecule has 0 aliphatic carbocycles. The van der Waals surface area contributed by atoms with Gasteiger partial charge in [0.1, 0.15) is 6.04 Å². The van der Waals surface area contributed by atoms with Gasteiger partial charge in [0.15, 0.2) is 0 Å². The molecular weight excluding hydrogens is 264 g/mol. The fourth-order valence-corrected chi connectivity index (χ4v) is 2.24. The molecule has 1 atom stereocenters. The van der Waals surface area contributed by atoms with Crippen molar-refractivity contribution < 1.29 is 4.79 Å². The van der Waals surface area contributed by atoms with E-state index in [0.29, 0.717) is 5.69 Å². The number of nitrogens with one attached hydrogen (secondary N) is 1. The molecule has 21 heavy (non-hydrogen) atoms. The van der Waals surface area contributed by atoms with Crippen LogP contribution in [0.3, 0.4) is 0 Å². The molecule has 1 aromatic heterocycles. The van der Waals surface area contributed by atoms with E-state index in [2.05, 4.69) is 10.4 Å². The third-order valence-corrected chi connectivity index (χ3v) is 3.41. The van der Waals surface area contributed by atoms with E-state index < -0.39 is 6.04 Å². The van der Waals surface area contributed by atoms with Crippen LogP contribution in [-0.2, 0) is 4.79 Å². The number of hydrogen-bond donors (Lipinski definition) is 2. The molecule has 1 amide bonds. The van der Waals surface area contributed by atoms with E-state index in [9.17, 15) is 4.79 Å². The van der Waals surface area contributed by atoms with E-state index in [1.807, 2.05) is 55.5 Å². The van der Waals surface area contributed by atoms with Crippen LogP contribution in [0, 0.1) is 0 Å². The first-order valence-electron chi connectivity index (χ1n) is 6.74. The first-order chi connectivity index (χ1) is 10.1. The van der Waals surface area contributed by atoms with Crippen LogP contribution in [0.2, 0.25) is 0 Å². The number of hydrogen-bond acceptors (Lipinski definition) is 3. The summed E-state index contributed by atoms with van der Waals surface area (Å²) in [4.78, 5) is 12.3. The summed E-state index contributed by atoms with van der Waals surface area (Å²) < 4.78 is 1.68. The van der Waals surface area contributed by atoms with Gasteiger partial charge in [-0.3, -0.25) is 9.48 Å². The highest BCUT2D eigenvalue weighted by atomic mass is 16.2. The number of benzene rings is 2. The van der Waals surface area contributed by atoms with Crippen molar-refractivity contribution in [2.45, 2.75) is 13.0 Å². The topological polar surface area (TPSA) is 72.9 Å². The zero-order valence-corrected chi connectivity index (χ0v) is 11.7. The van der Waals surface area contributed by atoms with Crippen LogP contribution in [0.25, 0.3) is 10.9 Å². The van der Waals surface area contributed by atoms with Crippen molar-refractivity contribution in [1.29, 1.82) is 0 Å². The Morgan fingerprint density at radius 2 is 2.00 bits per heavy atom. The molecule has 3 aromatic rings. The summed E-state index contributed by atoms with van der Waals surface area (Å²) in [5.74, 6) is -0.117. The van der Waals surface area contributed by atoms with Crippen LogP contribution in [0.4, 0.5) is 11.4 Å². The SMILES string of the molecule is CC(C(=O)Nc1ccccc1)n1ncc2ccc(N)cc21. The van der Waals surface area contributed by atoms with Gasteiger partial charge in [0.25, 0.3) is 0 Å².